The molecule has 1 saturated carbocycles. The minimum absolute atomic E-state index is 0.553. The van der Waals surface area contributed by atoms with Crippen LogP contribution in [0.3, 0.4) is 0 Å². The van der Waals surface area contributed by atoms with Crippen LogP contribution in [0.15, 0.2) is 34.9 Å². The van der Waals surface area contributed by atoms with E-state index >= 15 is 0 Å². The highest BCUT2D eigenvalue weighted by Gasteiger charge is 2.27. The van der Waals surface area contributed by atoms with Crippen molar-refractivity contribution in [1.29, 1.82) is 0 Å². The molecule has 106 valence electrons. The molecule has 1 aromatic heterocycles. The van der Waals surface area contributed by atoms with Gasteiger partial charge in [-0.15, -0.1) is 0 Å². The standard InChI is InChI=1S/C16H19BrN2S/c1-2-20-15-8-4-7-14(15)19-16-12-5-3-6-13(17)11(12)9-10-18-16/h3,5-6,9-10,14-15H,2,4,7-8H2,1H3,(H,18,19). The van der Waals surface area contributed by atoms with Crippen molar-refractivity contribution in [2.24, 2.45) is 0 Å². The average molecular weight is 351 g/mol. The van der Waals surface area contributed by atoms with E-state index in [0.29, 0.717) is 6.04 Å². The number of fused-ring (bicyclic) bond motifs is 1. The summed E-state index contributed by atoms with van der Waals surface area (Å²) in [6, 6.07) is 8.92. The van der Waals surface area contributed by atoms with E-state index in [1.165, 1.54) is 35.8 Å². The van der Waals surface area contributed by atoms with Gasteiger partial charge in [0.1, 0.15) is 5.82 Å². The van der Waals surface area contributed by atoms with Crippen molar-refractivity contribution in [3.63, 3.8) is 0 Å². The first-order chi connectivity index (χ1) is 9.79. The van der Waals surface area contributed by atoms with Crippen molar-refractivity contribution in [3.8, 4) is 0 Å². The lowest BCUT2D eigenvalue weighted by atomic mass is 10.1. The van der Waals surface area contributed by atoms with Crippen molar-refractivity contribution in [2.45, 2.75) is 37.5 Å². The molecule has 1 heterocycles. The van der Waals surface area contributed by atoms with Crippen LogP contribution in [0.5, 0.6) is 0 Å². The number of nitrogens with one attached hydrogen (secondary N) is 1. The molecule has 0 bridgehead atoms. The molecule has 20 heavy (non-hydrogen) atoms. The average Bonchev–Trinajstić information content (AvgIpc) is 2.88. The van der Waals surface area contributed by atoms with Crippen molar-refractivity contribution in [2.75, 3.05) is 11.1 Å². The molecule has 0 aliphatic heterocycles. The van der Waals surface area contributed by atoms with E-state index < -0.39 is 0 Å². The van der Waals surface area contributed by atoms with Crippen LogP contribution in [0.4, 0.5) is 5.82 Å². The molecule has 2 atom stereocenters. The van der Waals surface area contributed by atoms with Crippen molar-refractivity contribution in [3.05, 3.63) is 34.9 Å². The lowest BCUT2D eigenvalue weighted by molar-refractivity contribution is 0.764. The number of hydrogen-bond acceptors (Lipinski definition) is 3. The summed E-state index contributed by atoms with van der Waals surface area (Å²) in [5.41, 5.74) is 0. The lowest BCUT2D eigenvalue weighted by Gasteiger charge is -2.21. The third-order valence-electron chi connectivity index (χ3n) is 3.91. The largest absolute Gasteiger partial charge is 0.366 e. The van der Waals surface area contributed by atoms with Crippen LogP contribution in [0.25, 0.3) is 10.8 Å². The summed E-state index contributed by atoms with van der Waals surface area (Å²) in [7, 11) is 0. The summed E-state index contributed by atoms with van der Waals surface area (Å²) < 4.78 is 1.13. The molecule has 2 aromatic rings. The van der Waals surface area contributed by atoms with Crippen LogP contribution >= 0.6 is 27.7 Å². The fraction of sp³-hybridized carbons (Fsp3) is 0.438. The van der Waals surface area contributed by atoms with Gasteiger partial charge >= 0.3 is 0 Å². The van der Waals surface area contributed by atoms with Gasteiger partial charge < -0.3 is 5.32 Å². The molecule has 1 aromatic carbocycles. The minimum Gasteiger partial charge on any atom is -0.366 e. The Morgan fingerprint density at radius 2 is 2.20 bits per heavy atom. The molecule has 1 fully saturated rings. The van der Waals surface area contributed by atoms with Crippen LogP contribution < -0.4 is 5.32 Å². The first kappa shape index (κ1) is 14.2. The molecule has 0 radical (unpaired) electrons. The van der Waals surface area contributed by atoms with E-state index in [1.54, 1.807) is 0 Å². The highest BCUT2D eigenvalue weighted by Crippen LogP contribution is 2.34. The molecule has 1 aliphatic rings. The van der Waals surface area contributed by atoms with E-state index in [4.69, 9.17) is 0 Å². The van der Waals surface area contributed by atoms with Gasteiger partial charge in [0.15, 0.2) is 0 Å². The number of nitrogens with zero attached hydrogens (tertiary/aromatic N) is 1. The van der Waals surface area contributed by atoms with Gasteiger partial charge in [-0.1, -0.05) is 41.4 Å². The Morgan fingerprint density at radius 1 is 1.30 bits per heavy atom. The number of thioether (sulfide) groups is 1. The van der Waals surface area contributed by atoms with Gasteiger partial charge in [0.2, 0.25) is 0 Å². The van der Waals surface area contributed by atoms with Crippen LogP contribution in [-0.2, 0) is 0 Å². The number of anilines is 1. The minimum atomic E-state index is 0.553. The monoisotopic (exact) mass is 350 g/mol. The second kappa shape index (κ2) is 6.35. The highest BCUT2D eigenvalue weighted by molar-refractivity contribution is 9.10. The summed E-state index contributed by atoms with van der Waals surface area (Å²) in [6.07, 6.45) is 5.80. The Hall–Kier alpha value is -0.740. The Labute approximate surface area is 132 Å². The number of benzene rings is 1. The van der Waals surface area contributed by atoms with Crippen molar-refractivity contribution in [1.82, 2.24) is 4.98 Å². The lowest BCUT2D eigenvalue weighted by Crippen LogP contribution is -2.26. The summed E-state index contributed by atoms with van der Waals surface area (Å²) in [6.45, 7) is 2.24. The Balaban J connectivity index is 1.89. The van der Waals surface area contributed by atoms with Crippen LogP contribution in [0.2, 0.25) is 0 Å². The molecular formula is C16H19BrN2S. The summed E-state index contributed by atoms with van der Waals surface area (Å²) >= 11 is 5.70. The smallest absolute Gasteiger partial charge is 0.134 e. The maximum absolute atomic E-state index is 4.56. The molecule has 0 amide bonds. The van der Waals surface area contributed by atoms with Crippen LogP contribution in [0, 0.1) is 0 Å². The Bertz CT molecular complexity index is 602. The normalized spacial score (nSPS) is 22.3. The molecule has 0 spiro atoms. The first-order valence-corrected chi connectivity index (χ1v) is 9.05. The maximum Gasteiger partial charge on any atom is 0.134 e. The van der Waals surface area contributed by atoms with Gasteiger partial charge in [0.05, 0.1) is 0 Å². The summed E-state index contributed by atoms with van der Waals surface area (Å²) in [5.74, 6) is 2.22. The third-order valence-corrected chi connectivity index (χ3v) is 5.93. The zero-order valence-corrected chi connectivity index (χ0v) is 14.0. The molecule has 1 aliphatic carbocycles. The maximum atomic E-state index is 4.56. The van der Waals surface area contributed by atoms with Crippen molar-refractivity contribution >= 4 is 44.3 Å². The van der Waals surface area contributed by atoms with Crippen LogP contribution in [-0.4, -0.2) is 22.0 Å². The topological polar surface area (TPSA) is 24.9 Å². The molecule has 1 N–H and O–H groups in total. The fourth-order valence-electron chi connectivity index (χ4n) is 2.96. The van der Waals surface area contributed by atoms with Gasteiger partial charge in [-0.2, -0.15) is 11.8 Å². The van der Waals surface area contributed by atoms with Gasteiger partial charge in [-0.3, -0.25) is 0 Å². The number of rotatable bonds is 4. The Kier molecular flexibility index (Phi) is 4.51. The first-order valence-electron chi connectivity index (χ1n) is 7.21. The predicted octanol–water partition coefficient (Wildman–Crippen LogP) is 5.08. The molecule has 2 unspecified atom stereocenters. The third kappa shape index (κ3) is 2.82. The number of pyridine rings is 1. The van der Waals surface area contributed by atoms with E-state index in [1.807, 2.05) is 6.20 Å². The number of halogens is 1. The van der Waals surface area contributed by atoms with Gasteiger partial charge in [0, 0.05) is 32.7 Å². The highest BCUT2D eigenvalue weighted by atomic mass is 79.9. The quantitative estimate of drug-likeness (QED) is 0.831. The Morgan fingerprint density at radius 3 is 3.05 bits per heavy atom. The summed E-state index contributed by atoms with van der Waals surface area (Å²) in [5, 5.41) is 6.85. The molecule has 4 heteroatoms. The molecule has 0 saturated heterocycles. The molecular weight excluding hydrogens is 332 g/mol. The van der Waals surface area contributed by atoms with Crippen LogP contribution in [0.1, 0.15) is 26.2 Å². The second-order valence-corrected chi connectivity index (χ2v) is 7.54. The summed E-state index contributed by atoms with van der Waals surface area (Å²) in [4.78, 5) is 4.56. The van der Waals surface area contributed by atoms with E-state index in [2.05, 4.69) is 69.2 Å². The molecule has 3 rings (SSSR count). The zero-order chi connectivity index (χ0) is 13.9. The predicted molar refractivity (Wildman–Crippen MR) is 92.6 cm³/mol. The van der Waals surface area contributed by atoms with Gasteiger partial charge in [-0.25, -0.2) is 4.98 Å². The van der Waals surface area contributed by atoms with E-state index in [9.17, 15) is 0 Å². The second-order valence-electron chi connectivity index (χ2n) is 5.17. The fourth-order valence-corrected chi connectivity index (χ4v) is 4.66. The molecule has 2 nitrogen and oxygen atoms in total. The zero-order valence-electron chi connectivity index (χ0n) is 11.6. The van der Waals surface area contributed by atoms with Crippen molar-refractivity contribution < 1.29 is 0 Å². The van der Waals surface area contributed by atoms with E-state index in [0.717, 1.165) is 15.5 Å². The number of aromatic nitrogens is 1. The van der Waals surface area contributed by atoms with Gasteiger partial charge in [-0.05, 0) is 30.7 Å². The van der Waals surface area contributed by atoms with Gasteiger partial charge in [0.25, 0.3) is 0 Å². The van der Waals surface area contributed by atoms with E-state index in [-0.39, 0.29) is 0 Å². The SMILES string of the molecule is CCSC1CCCC1Nc1nccc2c(Br)cccc12. The number of hydrogen-bond donors (Lipinski definition) is 1.